The van der Waals surface area contributed by atoms with Gasteiger partial charge in [0.25, 0.3) is 0 Å². The van der Waals surface area contributed by atoms with Crippen molar-refractivity contribution < 1.29 is 0 Å². The summed E-state index contributed by atoms with van der Waals surface area (Å²) < 4.78 is 0. The Bertz CT molecular complexity index is 360. The molecule has 4 heteroatoms. The van der Waals surface area contributed by atoms with Crippen LogP contribution in [0.5, 0.6) is 0 Å². The summed E-state index contributed by atoms with van der Waals surface area (Å²) in [6.07, 6.45) is 7.78. The lowest BCUT2D eigenvalue weighted by molar-refractivity contribution is 0.159. The molecule has 1 unspecified atom stereocenters. The number of hydrogen-bond acceptors (Lipinski definition) is 4. The molecule has 2 aliphatic rings. The maximum atomic E-state index is 8.79. The summed E-state index contributed by atoms with van der Waals surface area (Å²) in [4.78, 5) is 4.58. The van der Waals surface area contributed by atoms with Crippen LogP contribution >= 0.6 is 0 Å². The molecule has 2 saturated heterocycles. The molecule has 0 aromatic carbocycles. The Morgan fingerprint density at radius 1 is 0.800 bits per heavy atom. The van der Waals surface area contributed by atoms with Gasteiger partial charge in [0.05, 0.1) is 25.2 Å². The molecule has 0 radical (unpaired) electrons. The molecule has 0 spiro atoms. The molecule has 0 bridgehead atoms. The largest absolute Gasteiger partial charge is 0.291 e. The molecule has 2 rings (SSSR count). The highest BCUT2D eigenvalue weighted by atomic mass is 15.1. The van der Waals surface area contributed by atoms with Crippen LogP contribution in [0.25, 0.3) is 0 Å². The molecular formula is C16H26N4. The van der Waals surface area contributed by atoms with E-state index in [1.807, 2.05) is 0 Å². The lowest BCUT2D eigenvalue weighted by Crippen LogP contribution is -2.36. The molecule has 20 heavy (non-hydrogen) atoms. The van der Waals surface area contributed by atoms with Gasteiger partial charge in [-0.05, 0) is 63.6 Å². The zero-order valence-electron chi connectivity index (χ0n) is 12.4. The summed E-state index contributed by atoms with van der Waals surface area (Å²) in [5, 5.41) is 17.5. The molecule has 0 aromatic heterocycles. The fraction of sp³-hybridized carbons (Fsp3) is 0.875. The first kappa shape index (κ1) is 15.3. The normalized spacial score (nSPS) is 26.0. The van der Waals surface area contributed by atoms with Crippen molar-refractivity contribution in [2.24, 2.45) is 11.8 Å². The first-order chi connectivity index (χ1) is 9.81. The van der Waals surface area contributed by atoms with Gasteiger partial charge in [0.15, 0.2) is 0 Å². The Balaban J connectivity index is 1.63. The molecular weight excluding hydrogens is 248 g/mol. The summed E-state index contributed by atoms with van der Waals surface area (Å²) >= 11 is 0. The second-order valence-electron chi connectivity index (χ2n) is 6.36. The molecule has 2 aliphatic heterocycles. The number of hydrogen-bond donors (Lipinski definition) is 0. The highest BCUT2D eigenvalue weighted by molar-refractivity contribution is 4.83. The minimum Gasteiger partial charge on any atom is -0.291 e. The molecule has 0 N–H and O–H groups in total. The molecule has 2 fully saturated rings. The molecule has 0 amide bonds. The van der Waals surface area contributed by atoms with E-state index in [0.29, 0.717) is 13.1 Å². The quantitative estimate of drug-likeness (QED) is 0.721. The SMILES string of the molecule is N#CCN1CCC(CCC2CCCN(CC#N)C2)CC1. The van der Waals surface area contributed by atoms with Crippen LogP contribution in [0.15, 0.2) is 0 Å². The third-order valence-corrected chi connectivity index (χ3v) is 4.88. The Hall–Kier alpha value is -1.10. The van der Waals surface area contributed by atoms with Gasteiger partial charge in [0.2, 0.25) is 0 Å². The van der Waals surface area contributed by atoms with E-state index >= 15 is 0 Å². The molecule has 2 heterocycles. The monoisotopic (exact) mass is 274 g/mol. The molecule has 4 nitrogen and oxygen atoms in total. The maximum Gasteiger partial charge on any atom is 0.0866 e. The van der Waals surface area contributed by atoms with Gasteiger partial charge in [-0.3, -0.25) is 9.80 Å². The van der Waals surface area contributed by atoms with Gasteiger partial charge in [-0.15, -0.1) is 0 Å². The molecule has 110 valence electrons. The van der Waals surface area contributed by atoms with Crippen LogP contribution in [0, 0.1) is 34.5 Å². The van der Waals surface area contributed by atoms with Crippen molar-refractivity contribution in [3.05, 3.63) is 0 Å². The van der Waals surface area contributed by atoms with E-state index in [0.717, 1.165) is 38.0 Å². The van der Waals surface area contributed by atoms with Crippen molar-refractivity contribution >= 4 is 0 Å². The van der Waals surface area contributed by atoms with Crippen LogP contribution in [0.1, 0.15) is 38.5 Å². The fourth-order valence-corrected chi connectivity index (χ4v) is 3.64. The van der Waals surface area contributed by atoms with Gasteiger partial charge in [-0.25, -0.2) is 0 Å². The highest BCUT2D eigenvalue weighted by Crippen LogP contribution is 2.27. The Morgan fingerprint density at radius 2 is 1.45 bits per heavy atom. The van der Waals surface area contributed by atoms with Crippen LogP contribution in [0.3, 0.4) is 0 Å². The van der Waals surface area contributed by atoms with Gasteiger partial charge in [-0.2, -0.15) is 10.5 Å². The van der Waals surface area contributed by atoms with Crippen molar-refractivity contribution in [3.63, 3.8) is 0 Å². The van der Waals surface area contributed by atoms with Crippen LogP contribution < -0.4 is 0 Å². The highest BCUT2D eigenvalue weighted by Gasteiger charge is 2.23. The fourth-order valence-electron chi connectivity index (χ4n) is 3.64. The van der Waals surface area contributed by atoms with E-state index in [2.05, 4.69) is 21.9 Å². The lowest BCUT2D eigenvalue weighted by Gasteiger charge is -2.34. The van der Waals surface area contributed by atoms with E-state index in [-0.39, 0.29) is 0 Å². The Labute approximate surface area is 123 Å². The van der Waals surface area contributed by atoms with E-state index in [9.17, 15) is 0 Å². The second kappa shape index (κ2) is 8.25. The summed E-state index contributed by atoms with van der Waals surface area (Å²) in [6, 6.07) is 4.52. The standard InChI is InChI=1S/C16H26N4/c17-7-12-19-10-5-15(6-11-19)3-4-16-2-1-9-20(14-16)13-8-18/h15-16H,1-6,9-14H2. The van der Waals surface area contributed by atoms with E-state index in [1.165, 1.54) is 38.5 Å². The van der Waals surface area contributed by atoms with Crippen molar-refractivity contribution in [2.45, 2.75) is 38.5 Å². The minimum absolute atomic E-state index is 0.596. The summed E-state index contributed by atoms with van der Waals surface area (Å²) in [7, 11) is 0. The number of nitrogens with zero attached hydrogens (tertiary/aromatic N) is 4. The maximum absolute atomic E-state index is 8.79. The molecule has 0 saturated carbocycles. The smallest absolute Gasteiger partial charge is 0.0866 e. The van der Waals surface area contributed by atoms with Crippen molar-refractivity contribution in [3.8, 4) is 12.1 Å². The van der Waals surface area contributed by atoms with Crippen molar-refractivity contribution in [1.82, 2.24) is 9.80 Å². The van der Waals surface area contributed by atoms with Crippen LogP contribution in [-0.4, -0.2) is 49.1 Å². The Morgan fingerprint density at radius 3 is 2.15 bits per heavy atom. The number of piperidine rings is 2. The number of rotatable bonds is 5. The van der Waals surface area contributed by atoms with E-state index < -0.39 is 0 Å². The van der Waals surface area contributed by atoms with E-state index in [1.54, 1.807) is 0 Å². The summed E-state index contributed by atoms with van der Waals surface area (Å²) in [5.41, 5.74) is 0. The topological polar surface area (TPSA) is 54.1 Å². The minimum atomic E-state index is 0.596. The predicted octanol–water partition coefficient (Wildman–Crippen LogP) is 2.24. The third-order valence-electron chi connectivity index (χ3n) is 4.88. The predicted molar refractivity (Wildman–Crippen MR) is 78.8 cm³/mol. The summed E-state index contributed by atoms with van der Waals surface area (Å²) in [6.45, 7) is 5.63. The van der Waals surface area contributed by atoms with Crippen LogP contribution in [-0.2, 0) is 0 Å². The zero-order valence-corrected chi connectivity index (χ0v) is 12.4. The zero-order chi connectivity index (χ0) is 14.2. The van der Waals surface area contributed by atoms with Gasteiger partial charge in [-0.1, -0.05) is 6.42 Å². The number of likely N-dealkylation sites (tertiary alicyclic amines) is 2. The average Bonchev–Trinajstić information content (AvgIpc) is 2.48. The first-order valence-electron chi connectivity index (χ1n) is 8.00. The number of nitriles is 2. The Kier molecular flexibility index (Phi) is 6.30. The van der Waals surface area contributed by atoms with Crippen LogP contribution in [0.4, 0.5) is 0 Å². The molecule has 1 atom stereocenters. The van der Waals surface area contributed by atoms with Crippen molar-refractivity contribution in [1.29, 1.82) is 10.5 Å². The van der Waals surface area contributed by atoms with Crippen molar-refractivity contribution in [2.75, 3.05) is 39.3 Å². The van der Waals surface area contributed by atoms with Gasteiger partial charge in [0, 0.05) is 6.54 Å². The average molecular weight is 274 g/mol. The molecule has 0 aliphatic carbocycles. The van der Waals surface area contributed by atoms with E-state index in [4.69, 9.17) is 10.5 Å². The lowest BCUT2D eigenvalue weighted by atomic mass is 9.86. The van der Waals surface area contributed by atoms with Gasteiger partial charge in [0.1, 0.15) is 0 Å². The summed E-state index contributed by atoms with van der Waals surface area (Å²) in [5.74, 6) is 1.66. The first-order valence-corrected chi connectivity index (χ1v) is 8.00. The second-order valence-corrected chi connectivity index (χ2v) is 6.36. The van der Waals surface area contributed by atoms with Gasteiger partial charge < -0.3 is 0 Å². The van der Waals surface area contributed by atoms with Crippen LogP contribution in [0.2, 0.25) is 0 Å². The third kappa shape index (κ3) is 4.78. The molecule has 0 aromatic rings. The van der Waals surface area contributed by atoms with Gasteiger partial charge >= 0.3 is 0 Å².